The molecule has 0 aliphatic rings. The first-order valence-electron chi connectivity index (χ1n) is 5.58. The van der Waals surface area contributed by atoms with Gasteiger partial charge in [-0.2, -0.15) is 0 Å². The van der Waals surface area contributed by atoms with Crippen molar-refractivity contribution in [2.45, 2.75) is 18.9 Å². The summed E-state index contributed by atoms with van der Waals surface area (Å²) in [5.74, 6) is -3.65. The van der Waals surface area contributed by atoms with E-state index in [9.17, 15) is 18.8 Å². The molecular formula is C12H12BrFN2O4. The maximum Gasteiger partial charge on any atom is 0.326 e. The highest BCUT2D eigenvalue weighted by Crippen LogP contribution is 2.15. The Balaban J connectivity index is 2.80. The predicted octanol–water partition coefficient (Wildman–Crippen LogP) is 1.04. The summed E-state index contributed by atoms with van der Waals surface area (Å²) in [6, 6.07) is 2.46. The molecule has 0 saturated carbocycles. The van der Waals surface area contributed by atoms with E-state index in [2.05, 4.69) is 21.2 Å². The highest BCUT2D eigenvalue weighted by Gasteiger charge is 2.22. The number of halogens is 2. The summed E-state index contributed by atoms with van der Waals surface area (Å²) in [6.45, 7) is 0. The third kappa shape index (κ3) is 4.61. The van der Waals surface area contributed by atoms with E-state index < -0.39 is 29.6 Å². The van der Waals surface area contributed by atoms with Crippen molar-refractivity contribution in [1.82, 2.24) is 5.32 Å². The fourth-order valence-corrected chi connectivity index (χ4v) is 1.79. The van der Waals surface area contributed by atoms with Gasteiger partial charge in [0, 0.05) is 10.9 Å². The van der Waals surface area contributed by atoms with Crippen LogP contribution in [0, 0.1) is 5.82 Å². The summed E-state index contributed by atoms with van der Waals surface area (Å²) in [5.41, 5.74) is 4.63. The first-order valence-corrected chi connectivity index (χ1v) is 6.37. The van der Waals surface area contributed by atoms with Gasteiger partial charge in [-0.15, -0.1) is 0 Å². The topological polar surface area (TPSA) is 109 Å². The second-order valence-electron chi connectivity index (χ2n) is 3.99. The smallest absolute Gasteiger partial charge is 0.326 e. The molecule has 0 radical (unpaired) electrons. The standard InChI is InChI=1S/C12H12BrFN2O4/c13-6-1-2-7(8(14)5-6)11(18)16-9(12(19)20)3-4-10(15)17/h1-2,5,9H,3-4H2,(H2,15,17)(H,16,18)(H,19,20)/t9-/m0/s1. The molecule has 0 aliphatic heterocycles. The van der Waals surface area contributed by atoms with Crippen LogP contribution in [0.2, 0.25) is 0 Å². The van der Waals surface area contributed by atoms with Crippen molar-refractivity contribution in [3.63, 3.8) is 0 Å². The van der Waals surface area contributed by atoms with Crippen LogP contribution < -0.4 is 11.1 Å². The van der Waals surface area contributed by atoms with Crippen molar-refractivity contribution in [2.75, 3.05) is 0 Å². The number of carboxylic acids is 1. The average molecular weight is 347 g/mol. The largest absolute Gasteiger partial charge is 0.480 e. The Bertz CT molecular complexity index is 550. The highest BCUT2D eigenvalue weighted by atomic mass is 79.9. The van der Waals surface area contributed by atoms with E-state index >= 15 is 0 Å². The number of hydrogen-bond donors (Lipinski definition) is 3. The SMILES string of the molecule is NC(=O)CC[C@H](NC(=O)c1ccc(Br)cc1F)C(=O)O. The Morgan fingerprint density at radius 3 is 2.55 bits per heavy atom. The summed E-state index contributed by atoms with van der Waals surface area (Å²) in [7, 11) is 0. The number of carboxylic acid groups (broad SMARTS) is 1. The van der Waals surface area contributed by atoms with Gasteiger partial charge in [0.15, 0.2) is 0 Å². The molecule has 0 aliphatic carbocycles. The molecule has 1 rings (SSSR count). The fourth-order valence-electron chi connectivity index (χ4n) is 1.45. The van der Waals surface area contributed by atoms with Crippen LogP contribution in [0.4, 0.5) is 4.39 Å². The Morgan fingerprint density at radius 1 is 1.40 bits per heavy atom. The lowest BCUT2D eigenvalue weighted by Gasteiger charge is -2.14. The molecule has 0 spiro atoms. The van der Waals surface area contributed by atoms with E-state index in [-0.39, 0.29) is 18.4 Å². The summed E-state index contributed by atoms with van der Waals surface area (Å²) in [4.78, 5) is 33.4. The lowest BCUT2D eigenvalue weighted by Crippen LogP contribution is -2.41. The number of carbonyl (C=O) groups excluding carboxylic acids is 2. The highest BCUT2D eigenvalue weighted by molar-refractivity contribution is 9.10. The number of benzene rings is 1. The minimum atomic E-state index is -1.32. The Kier molecular flexibility index (Phi) is 5.63. The van der Waals surface area contributed by atoms with Gasteiger partial charge in [0.2, 0.25) is 5.91 Å². The molecule has 1 aromatic rings. The summed E-state index contributed by atoms with van der Waals surface area (Å²) >= 11 is 3.04. The molecule has 108 valence electrons. The van der Waals surface area contributed by atoms with Crippen LogP contribution in [0.3, 0.4) is 0 Å². The van der Waals surface area contributed by atoms with Crippen LogP contribution in [0.25, 0.3) is 0 Å². The lowest BCUT2D eigenvalue weighted by atomic mass is 10.1. The third-order valence-electron chi connectivity index (χ3n) is 2.46. The number of nitrogens with one attached hydrogen (secondary N) is 1. The van der Waals surface area contributed by atoms with Crippen molar-refractivity contribution in [2.24, 2.45) is 5.73 Å². The molecule has 0 unspecified atom stereocenters. The second-order valence-corrected chi connectivity index (χ2v) is 4.91. The molecule has 0 heterocycles. The van der Waals surface area contributed by atoms with Crippen molar-refractivity contribution >= 4 is 33.7 Å². The van der Waals surface area contributed by atoms with Crippen LogP contribution in [-0.2, 0) is 9.59 Å². The normalized spacial score (nSPS) is 11.7. The minimum Gasteiger partial charge on any atom is -0.480 e. The van der Waals surface area contributed by atoms with Gasteiger partial charge in [0.05, 0.1) is 5.56 Å². The van der Waals surface area contributed by atoms with Crippen LogP contribution in [0.5, 0.6) is 0 Å². The summed E-state index contributed by atoms with van der Waals surface area (Å²) < 4.78 is 14.0. The number of primary amides is 1. The number of hydrogen-bond acceptors (Lipinski definition) is 3. The molecule has 4 N–H and O–H groups in total. The van der Waals surface area contributed by atoms with Crippen LogP contribution >= 0.6 is 15.9 Å². The Morgan fingerprint density at radius 2 is 2.05 bits per heavy atom. The molecule has 0 fully saturated rings. The zero-order valence-corrected chi connectivity index (χ0v) is 11.8. The zero-order chi connectivity index (χ0) is 15.3. The summed E-state index contributed by atoms with van der Waals surface area (Å²) in [5, 5.41) is 11.1. The van der Waals surface area contributed by atoms with Gasteiger partial charge in [-0.25, -0.2) is 9.18 Å². The second kappa shape index (κ2) is 6.99. The van der Waals surface area contributed by atoms with Gasteiger partial charge in [-0.1, -0.05) is 15.9 Å². The molecule has 20 heavy (non-hydrogen) atoms. The van der Waals surface area contributed by atoms with Gasteiger partial charge >= 0.3 is 5.97 Å². The van der Waals surface area contributed by atoms with Gasteiger partial charge in [-0.05, 0) is 24.6 Å². The van der Waals surface area contributed by atoms with E-state index in [1.807, 2.05) is 0 Å². The van der Waals surface area contributed by atoms with Crippen LogP contribution in [-0.4, -0.2) is 28.9 Å². The van der Waals surface area contributed by atoms with Crippen molar-refractivity contribution in [3.8, 4) is 0 Å². The Labute approximate surface area is 122 Å². The molecule has 0 saturated heterocycles. The average Bonchev–Trinajstić information content (AvgIpc) is 2.33. The first-order chi connectivity index (χ1) is 9.31. The molecule has 0 bridgehead atoms. The first kappa shape index (κ1) is 16.1. The maximum atomic E-state index is 13.6. The third-order valence-corrected chi connectivity index (χ3v) is 2.95. The molecule has 8 heteroatoms. The minimum absolute atomic E-state index is 0.158. The van der Waals surface area contributed by atoms with Gasteiger partial charge in [-0.3, -0.25) is 9.59 Å². The van der Waals surface area contributed by atoms with Gasteiger partial charge in [0.25, 0.3) is 5.91 Å². The Hall–Kier alpha value is -1.96. The molecule has 0 aromatic heterocycles. The maximum absolute atomic E-state index is 13.6. The van der Waals surface area contributed by atoms with E-state index in [1.165, 1.54) is 12.1 Å². The van der Waals surface area contributed by atoms with Gasteiger partial charge < -0.3 is 16.2 Å². The zero-order valence-electron chi connectivity index (χ0n) is 10.2. The van der Waals surface area contributed by atoms with Crippen LogP contribution in [0.15, 0.2) is 22.7 Å². The predicted molar refractivity (Wildman–Crippen MR) is 71.4 cm³/mol. The number of amides is 2. The van der Waals surface area contributed by atoms with Crippen molar-refractivity contribution in [3.05, 3.63) is 34.1 Å². The van der Waals surface area contributed by atoms with Gasteiger partial charge in [0.1, 0.15) is 11.9 Å². The number of aliphatic carboxylic acids is 1. The van der Waals surface area contributed by atoms with E-state index in [0.29, 0.717) is 4.47 Å². The lowest BCUT2D eigenvalue weighted by molar-refractivity contribution is -0.139. The van der Waals surface area contributed by atoms with Crippen molar-refractivity contribution in [1.29, 1.82) is 0 Å². The molecule has 2 amide bonds. The van der Waals surface area contributed by atoms with E-state index in [0.717, 1.165) is 6.07 Å². The number of carbonyl (C=O) groups is 3. The van der Waals surface area contributed by atoms with Crippen molar-refractivity contribution < 1.29 is 23.9 Å². The van der Waals surface area contributed by atoms with E-state index in [1.54, 1.807) is 0 Å². The quantitative estimate of drug-likeness (QED) is 0.714. The molecular weight excluding hydrogens is 335 g/mol. The monoisotopic (exact) mass is 346 g/mol. The summed E-state index contributed by atoms with van der Waals surface area (Å²) in [6.07, 6.45) is -0.353. The van der Waals surface area contributed by atoms with Crippen LogP contribution in [0.1, 0.15) is 23.2 Å². The molecule has 6 nitrogen and oxygen atoms in total. The molecule has 1 aromatic carbocycles. The van der Waals surface area contributed by atoms with E-state index in [4.69, 9.17) is 10.8 Å². The number of nitrogens with two attached hydrogens (primary N) is 1. The number of rotatable bonds is 6. The molecule has 1 atom stereocenters. The fraction of sp³-hybridized carbons (Fsp3) is 0.250.